The predicted molar refractivity (Wildman–Crippen MR) is 90.4 cm³/mol. The van der Waals surface area contributed by atoms with Crippen molar-refractivity contribution in [3.8, 4) is 0 Å². The third-order valence-corrected chi connectivity index (χ3v) is 5.79. The molecule has 3 heterocycles. The Labute approximate surface area is 136 Å². The number of aliphatic hydroxyl groups is 1. The molecule has 0 amide bonds. The van der Waals surface area contributed by atoms with Crippen molar-refractivity contribution in [1.29, 1.82) is 0 Å². The van der Waals surface area contributed by atoms with Crippen molar-refractivity contribution < 1.29 is 5.11 Å². The van der Waals surface area contributed by atoms with Gasteiger partial charge in [0.2, 0.25) is 0 Å². The van der Waals surface area contributed by atoms with Crippen molar-refractivity contribution in [2.24, 2.45) is 12.0 Å². The molecule has 22 heavy (non-hydrogen) atoms. The second kappa shape index (κ2) is 6.50. The Morgan fingerprint density at radius 1 is 1.64 bits per heavy atom. The SMILES string of the molecule is CN=C(NCC1(O)CCSC1)N1CCC(c2cnn(C)c2)C1. The van der Waals surface area contributed by atoms with Gasteiger partial charge < -0.3 is 15.3 Å². The highest BCUT2D eigenvalue weighted by molar-refractivity contribution is 7.99. The average Bonchev–Trinajstić information content (AvgIpc) is 3.21. The van der Waals surface area contributed by atoms with Crippen LogP contribution in [-0.2, 0) is 7.05 Å². The molecule has 2 N–H and O–H groups in total. The summed E-state index contributed by atoms with van der Waals surface area (Å²) in [7, 11) is 3.77. The van der Waals surface area contributed by atoms with Crippen molar-refractivity contribution in [2.75, 3.05) is 38.2 Å². The van der Waals surface area contributed by atoms with Crippen LogP contribution in [0, 0.1) is 0 Å². The topological polar surface area (TPSA) is 65.7 Å². The van der Waals surface area contributed by atoms with E-state index in [9.17, 15) is 5.11 Å². The van der Waals surface area contributed by atoms with Crippen LogP contribution in [0.15, 0.2) is 17.4 Å². The van der Waals surface area contributed by atoms with Gasteiger partial charge in [0.05, 0.1) is 11.8 Å². The fourth-order valence-corrected chi connectivity index (χ4v) is 4.48. The van der Waals surface area contributed by atoms with Gasteiger partial charge in [-0.05, 0) is 24.2 Å². The minimum Gasteiger partial charge on any atom is -0.387 e. The molecule has 2 unspecified atom stereocenters. The molecule has 1 aromatic rings. The summed E-state index contributed by atoms with van der Waals surface area (Å²) in [5, 5.41) is 18.1. The lowest BCUT2D eigenvalue weighted by atomic mass is 10.0. The smallest absolute Gasteiger partial charge is 0.193 e. The standard InChI is InChI=1S/C15H25N5OS/c1-16-14(17-10-15(21)4-6-22-11-15)20-5-3-12(9-20)13-7-18-19(2)8-13/h7-8,12,21H,3-6,9-11H2,1-2H3,(H,16,17). The number of thioether (sulfide) groups is 1. The summed E-state index contributed by atoms with van der Waals surface area (Å²) in [4.78, 5) is 6.67. The Morgan fingerprint density at radius 2 is 2.50 bits per heavy atom. The van der Waals surface area contributed by atoms with E-state index in [2.05, 4.69) is 26.5 Å². The van der Waals surface area contributed by atoms with Crippen molar-refractivity contribution in [3.63, 3.8) is 0 Å². The third kappa shape index (κ3) is 3.41. The zero-order valence-corrected chi connectivity index (χ0v) is 14.1. The zero-order valence-electron chi connectivity index (χ0n) is 13.3. The quantitative estimate of drug-likeness (QED) is 0.632. The van der Waals surface area contributed by atoms with E-state index in [1.54, 1.807) is 0 Å². The summed E-state index contributed by atoms with van der Waals surface area (Å²) < 4.78 is 1.86. The van der Waals surface area contributed by atoms with Crippen LogP contribution in [0.3, 0.4) is 0 Å². The van der Waals surface area contributed by atoms with Gasteiger partial charge in [-0.25, -0.2) is 0 Å². The average molecular weight is 323 g/mol. The number of likely N-dealkylation sites (tertiary alicyclic amines) is 1. The first-order chi connectivity index (χ1) is 10.6. The van der Waals surface area contributed by atoms with Gasteiger partial charge in [0.25, 0.3) is 0 Å². The van der Waals surface area contributed by atoms with Crippen LogP contribution in [0.4, 0.5) is 0 Å². The maximum atomic E-state index is 10.4. The molecule has 2 aliphatic heterocycles. The maximum absolute atomic E-state index is 10.4. The molecular formula is C15H25N5OS. The highest BCUT2D eigenvalue weighted by atomic mass is 32.2. The van der Waals surface area contributed by atoms with E-state index < -0.39 is 5.60 Å². The summed E-state index contributed by atoms with van der Waals surface area (Å²) in [6, 6.07) is 0. The van der Waals surface area contributed by atoms with Crippen LogP contribution in [0.5, 0.6) is 0 Å². The molecule has 0 aromatic carbocycles. The van der Waals surface area contributed by atoms with Gasteiger partial charge in [-0.3, -0.25) is 9.67 Å². The van der Waals surface area contributed by atoms with E-state index in [4.69, 9.17) is 0 Å². The molecule has 7 heteroatoms. The second-order valence-corrected chi connectivity index (χ2v) is 7.41. The number of guanidine groups is 1. The Morgan fingerprint density at radius 3 is 3.14 bits per heavy atom. The Kier molecular flexibility index (Phi) is 4.63. The van der Waals surface area contributed by atoms with Crippen molar-refractivity contribution >= 4 is 17.7 Å². The Bertz CT molecular complexity index is 538. The summed E-state index contributed by atoms with van der Waals surface area (Å²) >= 11 is 1.82. The molecule has 2 aliphatic rings. The Hall–Kier alpha value is -1.21. The van der Waals surface area contributed by atoms with Gasteiger partial charge in [0, 0.05) is 51.6 Å². The molecule has 2 atom stereocenters. The van der Waals surface area contributed by atoms with Crippen LogP contribution in [-0.4, -0.2) is 69.5 Å². The summed E-state index contributed by atoms with van der Waals surface area (Å²) in [6.45, 7) is 2.53. The molecule has 122 valence electrons. The molecular weight excluding hydrogens is 298 g/mol. The number of nitrogens with one attached hydrogen (secondary N) is 1. The lowest BCUT2D eigenvalue weighted by Gasteiger charge is -2.27. The number of hydrogen-bond acceptors (Lipinski definition) is 4. The van der Waals surface area contributed by atoms with E-state index in [-0.39, 0.29) is 0 Å². The molecule has 2 saturated heterocycles. The number of aromatic nitrogens is 2. The fourth-order valence-electron chi connectivity index (χ4n) is 3.19. The van der Waals surface area contributed by atoms with Crippen molar-refractivity contribution in [1.82, 2.24) is 20.0 Å². The van der Waals surface area contributed by atoms with Crippen LogP contribution < -0.4 is 5.32 Å². The highest BCUT2D eigenvalue weighted by Crippen LogP contribution is 2.28. The lowest BCUT2D eigenvalue weighted by molar-refractivity contribution is 0.0718. The lowest BCUT2D eigenvalue weighted by Crippen LogP contribution is -2.48. The normalized spacial score (nSPS) is 29.3. The first-order valence-electron chi connectivity index (χ1n) is 7.84. The summed E-state index contributed by atoms with van der Waals surface area (Å²) in [5.74, 6) is 3.27. The predicted octanol–water partition coefficient (Wildman–Crippen LogP) is 0.653. The number of aryl methyl sites for hydroxylation is 1. The minimum atomic E-state index is -0.580. The molecule has 2 fully saturated rings. The number of nitrogens with zero attached hydrogens (tertiary/aromatic N) is 4. The zero-order chi connectivity index (χ0) is 15.6. The highest BCUT2D eigenvalue weighted by Gasteiger charge is 2.33. The molecule has 3 rings (SSSR count). The summed E-state index contributed by atoms with van der Waals surface area (Å²) in [5.41, 5.74) is 0.717. The number of hydrogen-bond donors (Lipinski definition) is 2. The van der Waals surface area contributed by atoms with Crippen molar-refractivity contribution in [2.45, 2.75) is 24.4 Å². The first kappa shape index (κ1) is 15.7. The largest absolute Gasteiger partial charge is 0.387 e. The van der Waals surface area contributed by atoms with E-state index >= 15 is 0 Å². The second-order valence-electron chi connectivity index (χ2n) is 6.31. The van der Waals surface area contributed by atoms with E-state index in [0.29, 0.717) is 12.5 Å². The van der Waals surface area contributed by atoms with E-state index in [1.807, 2.05) is 36.7 Å². The van der Waals surface area contributed by atoms with Crippen LogP contribution in [0.25, 0.3) is 0 Å². The van der Waals surface area contributed by atoms with Gasteiger partial charge >= 0.3 is 0 Å². The number of rotatable bonds is 3. The van der Waals surface area contributed by atoms with Gasteiger partial charge in [0.1, 0.15) is 0 Å². The van der Waals surface area contributed by atoms with Crippen molar-refractivity contribution in [3.05, 3.63) is 18.0 Å². The minimum absolute atomic E-state index is 0.511. The van der Waals surface area contributed by atoms with Gasteiger partial charge in [-0.1, -0.05) is 0 Å². The Balaban J connectivity index is 1.56. The summed E-state index contributed by atoms with van der Waals surface area (Å²) in [6.07, 6.45) is 6.04. The molecule has 0 spiro atoms. The van der Waals surface area contributed by atoms with Crippen LogP contribution >= 0.6 is 11.8 Å². The molecule has 6 nitrogen and oxygen atoms in total. The number of aliphatic imine (C=N–C) groups is 1. The van der Waals surface area contributed by atoms with Crippen LogP contribution in [0.2, 0.25) is 0 Å². The molecule has 0 bridgehead atoms. The first-order valence-corrected chi connectivity index (χ1v) is 8.99. The monoisotopic (exact) mass is 323 g/mol. The molecule has 1 aromatic heterocycles. The molecule has 0 aliphatic carbocycles. The fraction of sp³-hybridized carbons (Fsp3) is 0.733. The third-order valence-electron chi connectivity index (χ3n) is 4.55. The van der Waals surface area contributed by atoms with Crippen LogP contribution in [0.1, 0.15) is 24.3 Å². The van der Waals surface area contributed by atoms with Gasteiger partial charge in [-0.2, -0.15) is 16.9 Å². The van der Waals surface area contributed by atoms with E-state index in [1.165, 1.54) is 5.56 Å². The maximum Gasteiger partial charge on any atom is 0.193 e. The van der Waals surface area contributed by atoms with E-state index in [0.717, 1.165) is 43.4 Å². The van der Waals surface area contributed by atoms with Gasteiger partial charge in [0.15, 0.2) is 5.96 Å². The van der Waals surface area contributed by atoms with Gasteiger partial charge in [-0.15, -0.1) is 0 Å². The molecule has 0 saturated carbocycles. The molecule has 0 radical (unpaired) electrons.